The first kappa shape index (κ1) is 17.7. The molecule has 0 aliphatic rings. The molecule has 0 atom stereocenters. The van der Waals surface area contributed by atoms with Crippen LogP contribution in [-0.2, 0) is 20.2 Å². The minimum absolute atomic E-state index is 0.0666. The van der Waals surface area contributed by atoms with E-state index in [2.05, 4.69) is 4.52 Å². The van der Waals surface area contributed by atoms with Crippen LogP contribution in [0.5, 0.6) is 5.75 Å². The second kappa shape index (κ2) is 7.56. The molecular weight excluding hydrogens is 299 g/mol. The Hall–Kier alpha value is -1.40. The summed E-state index contributed by atoms with van der Waals surface area (Å²) in [6.07, 6.45) is 0.923. The lowest BCUT2D eigenvalue weighted by molar-refractivity contribution is 0.0596. The van der Waals surface area contributed by atoms with Crippen molar-refractivity contribution >= 4 is 13.8 Å². The van der Waals surface area contributed by atoms with Gasteiger partial charge in [0.2, 0.25) is 0 Å². The molecule has 8 heteroatoms. The number of esters is 1. The predicted molar refractivity (Wildman–Crippen MR) is 75.4 cm³/mol. The molecule has 1 rings (SSSR count). The van der Waals surface area contributed by atoms with E-state index in [-0.39, 0.29) is 6.61 Å². The van der Waals surface area contributed by atoms with Gasteiger partial charge < -0.3 is 19.3 Å². The van der Waals surface area contributed by atoms with Gasteiger partial charge in [0.1, 0.15) is 11.3 Å². The second-order valence-electron chi connectivity index (χ2n) is 4.41. The van der Waals surface area contributed by atoms with E-state index in [0.29, 0.717) is 24.2 Å². The maximum absolute atomic E-state index is 11.7. The van der Waals surface area contributed by atoms with Crippen molar-refractivity contribution in [1.82, 2.24) is 0 Å². The molecule has 0 aliphatic carbocycles. The van der Waals surface area contributed by atoms with Gasteiger partial charge in [-0.2, -0.15) is 0 Å². The van der Waals surface area contributed by atoms with Crippen LogP contribution < -0.4 is 4.74 Å². The summed E-state index contributed by atoms with van der Waals surface area (Å²) >= 11 is 0. The smallest absolute Gasteiger partial charge is 0.469 e. The number of phosphoric ester groups is 1. The first-order chi connectivity index (χ1) is 9.78. The number of methoxy groups -OCH3 is 2. The Balaban J connectivity index is 2.82. The molecule has 0 saturated heterocycles. The number of carbonyl (C=O) groups is 1. The second-order valence-corrected chi connectivity index (χ2v) is 5.65. The molecular formula is C13H19O7P. The monoisotopic (exact) mass is 318 g/mol. The summed E-state index contributed by atoms with van der Waals surface area (Å²) in [7, 11) is -1.67. The van der Waals surface area contributed by atoms with Crippen LogP contribution in [0.4, 0.5) is 0 Å². The summed E-state index contributed by atoms with van der Waals surface area (Å²) in [6.45, 7) is 1.74. The molecule has 0 aliphatic heterocycles. The third-order valence-corrected chi connectivity index (χ3v) is 3.33. The molecule has 2 N–H and O–H groups in total. The van der Waals surface area contributed by atoms with Gasteiger partial charge in [0.05, 0.1) is 20.8 Å². The first-order valence-corrected chi connectivity index (χ1v) is 7.77. The zero-order valence-corrected chi connectivity index (χ0v) is 13.1. The summed E-state index contributed by atoms with van der Waals surface area (Å²) in [5.74, 6) is -0.0414. The van der Waals surface area contributed by atoms with Gasteiger partial charge in [0, 0.05) is 0 Å². The van der Waals surface area contributed by atoms with Gasteiger partial charge in [0.15, 0.2) is 0 Å². The molecule has 21 heavy (non-hydrogen) atoms. The lowest BCUT2D eigenvalue weighted by atomic mass is 10.0. The molecule has 0 spiro atoms. The fourth-order valence-corrected chi connectivity index (χ4v) is 2.35. The zero-order chi connectivity index (χ0) is 16.0. The minimum atomic E-state index is -4.43. The third kappa shape index (κ3) is 5.47. The van der Waals surface area contributed by atoms with E-state index in [9.17, 15) is 9.36 Å². The number of phosphoric acid groups is 1. The molecule has 0 unspecified atom stereocenters. The van der Waals surface area contributed by atoms with Crippen LogP contribution in [0.1, 0.15) is 27.9 Å². The first-order valence-electron chi connectivity index (χ1n) is 6.24. The number of aryl methyl sites for hydroxylation is 2. The van der Waals surface area contributed by atoms with E-state index in [4.69, 9.17) is 19.3 Å². The van der Waals surface area contributed by atoms with E-state index >= 15 is 0 Å². The van der Waals surface area contributed by atoms with E-state index in [0.717, 1.165) is 11.1 Å². The van der Waals surface area contributed by atoms with E-state index in [1.165, 1.54) is 14.2 Å². The maximum Gasteiger partial charge on any atom is 0.469 e. The molecule has 0 aromatic heterocycles. The highest BCUT2D eigenvalue weighted by Crippen LogP contribution is 2.35. The van der Waals surface area contributed by atoms with E-state index < -0.39 is 13.8 Å². The van der Waals surface area contributed by atoms with Gasteiger partial charge in [-0.05, 0) is 37.0 Å². The quantitative estimate of drug-likeness (QED) is 0.449. The molecule has 118 valence electrons. The Labute approximate surface area is 123 Å². The molecule has 1 aromatic carbocycles. The third-order valence-electron chi connectivity index (χ3n) is 2.81. The summed E-state index contributed by atoms with van der Waals surface area (Å²) in [5, 5.41) is 0. The Morgan fingerprint density at radius 2 is 1.95 bits per heavy atom. The van der Waals surface area contributed by atoms with Gasteiger partial charge in [-0.15, -0.1) is 0 Å². The van der Waals surface area contributed by atoms with Crippen LogP contribution in [0, 0.1) is 6.92 Å². The Morgan fingerprint density at radius 3 is 2.48 bits per heavy atom. The minimum Gasteiger partial charge on any atom is -0.496 e. The van der Waals surface area contributed by atoms with E-state index in [1.807, 2.05) is 6.07 Å². The summed E-state index contributed by atoms with van der Waals surface area (Å²) in [6, 6.07) is 3.50. The van der Waals surface area contributed by atoms with Crippen molar-refractivity contribution in [3.8, 4) is 5.75 Å². The number of hydrogen-bond acceptors (Lipinski definition) is 5. The van der Waals surface area contributed by atoms with Gasteiger partial charge in [0.25, 0.3) is 0 Å². The number of ether oxygens (including phenoxy) is 2. The van der Waals surface area contributed by atoms with Crippen LogP contribution in [0.25, 0.3) is 0 Å². The molecule has 1 aromatic rings. The van der Waals surface area contributed by atoms with Crippen molar-refractivity contribution < 1.29 is 33.1 Å². The van der Waals surface area contributed by atoms with Gasteiger partial charge >= 0.3 is 13.8 Å². The highest BCUT2D eigenvalue weighted by Gasteiger charge is 2.17. The van der Waals surface area contributed by atoms with Crippen LogP contribution in [0.2, 0.25) is 0 Å². The fourth-order valence-electron chi connectivity index (χ4n) is 1.99. The fraction of sp³-hybridized carbons (Fsp3) is 0.462. The molecule has 7 nitrogen and oxygen atoms in total. The number of benzene rings is 1. The molecule has 0 heterocycles. The zero-order valence-electron chi connectivity index (χ0n) is 12.2. The average molecular weight is 318 g/mol. The standard InChI is InChI=1S/C13H19O7P/c1-9-7-10(5-4-6-20-21(15,16)17)8-11(12(9)18-2)13(14)19-3/h7-8H,4-6H2,1-3H3,(H2,15,16,17). The maximum atomic E-state index is 11.7. The van der Waals surface area contributed by atoms with Crippen molar-refractivity contribution in [3.63, 3.8) is 0 Å². The molecule has 0 saturated carbocycles. The van der Waals surface area contributed by atoms with Crippen LogP contribution in [0.15, 0.2) is 12.1 Å². The predicted octanol–water partition coefficient (Wildman–Crippen LogP) is 1.83. The summed E-state index contributed by atoms with van der Waals surface area (Å²) in [4.78, 5) is 28.9. The van der Waals surface area contributed by atoms with Crippen LogP contribution in [-0.4, -0.2) is 36.6 Å². The van der Waals surface area contributed by atoms with Crippen molar-refractivity contribution in [3.05, 3.63) is 28.8 Å². The molecule has 0 fully saturated rings. The highest BCUT2D eigenvalue weighted by atomic mass is 31.2. The lowest BCUT2D eigenvalue weighted by Crippen LogP contribution is -2.07. The van der Waals surface area contributed by atoms with Gasteiger partial charge in [-0.25, -0.2) is 9.36 Å². The topological polar surface area (TPSA) is 102 Å². The highest BCUT2D eigenvalue weighted by molar-refractivity contribution is 7.46. The van der Waals surface area contributed by atoms with Crippen molar-refractivity contribution in [2.24, 2.45) is 0 Å². The van der Waals surface area contributed by atoms with Crippen molar-refractivity contribution in [2.75, 3.05) is 20.8 Å². The normalized spacial score (nSPS) is 11.3. The summed E-state index contributed by atoms with van der Waals surface area (Å²) in [5.41, 5.74) is 1.94. The number of hydrogen-bond donors (Lipinski definition) is 2. The summed E-state index contributed by atoms with van der Waals surface area (Å²) < 4.78 is 24.8. The molecule has 0 amide bonds. The largest absolute Gasteiger partial charge is 0.496 e. The molecule has 0 radical (unpaired) electrons. The van der Waals surface area contributed by atoms with Crippen molar-refractivity contribution in [2.45, 2.75) is 19.8 Å². The SMILES string of the molecule is COC(=O)c1cc(CCCOP(=O)(O)O)cc(C)c1OC. The van der Waals surface area contributed by atoms with Gasteiger partial charge in [-0.3, -0.25) is 4.52 Å². The van der Waals surface area contributed by atoms with Crippen molar-refractivity contribution in [1.29, 1.82) is 0 Å². The van der Waals surface area contributed by atoms with Gasteiger partial charge in [-0.1, -0.05) is 6.07 Å². The number of rotatable bonds is 7. The Bertz CT molecular complexity index is 550. The lowest BCUT2D eigenvalue weighted by Gasteiger charge is -2.13. The van der Waals surface area contributed by atoms with E-state index in [1.54, 1.807) is 13.0 Å². The van der Waals surface area contributed by atoms with Crippen LogP contribution in [0.3, 0.4) is 0 Å². The molecule has 0 bridgehead atoms. The average Bonchev–Trinajstić information content (AvgIpc) is 2.41. The number of carbonyl (C=O) groups excluding carboxylic acids is 1. The Morgan fingerprint density at radius 1 is 1.29 bits per heavy atom. The van der Waals surface area contributed by atoms with Crippen LogP contribution >= 0.6 is 7.82 Å². The Kier molecular flexibility index (Phi) is 6.36.